The molecule has 0 unspecified atom stereocenters. The molecule has 1 aliphatic rings. The lowest BCUT2D eigenvalue weighted by molar-refractivity contribution is -0.121. The number of nitrogens with one attached hydrogen (secondary N) is 1. The van der Waals surface area contributed by atoms with Crippen molar-refractivity contribution >= 4 is 23.4 Å². The van der Waals surface area contributed by atoms with E-state index >= 15 is 0 Å². The van der Waals surface area contributed by atoms with Gasteiger partial charge in [0.15, 0.2) is 11.5 Å². The Kier molecular flexibility index (Phi) is 9.16. The van der Waals surface area contributed by atoms with Gasteiger partial charge in [-0.05, 0) is 55.2 Å². The molecule has 8 heteroatoms. The molecule has 3 aromatic rings. The Balaban J connectivity index is 1.49. The normalized spacial score (nSPS) is 14.5. The van der Waals surface area contributed by atoms with Crippen LogP contribution in [0.15, 0.2) is 66.9 Å². The van der Waals surface area contributed by atoms with E-state index in [0.717, 1.165) is 31.2 Å². The third-order valence-corrected chi connectivity index (χ3v) is 6.30. The van der Waals surface area contributed by atoms with Gasteiger partial charge in [0.2, 0.25) is 11.8 Å². The first-order valence-electron chi connectivity index (χ1n) is 12.3. The summed E-state index contributed by atoms with van der Waals surface area (Å²) in [7, 11) is 0. The zero-order chi connectivity index (χ0) is 25.2. The second kappa shape index (κ2) is 12.9. The average molecular weight is 508 g/mol. The third-order valence-electron chi connectivity index (χ3n) is 5.93. The second-order valence-corrected chi connectivity index (χ2v) is 8.99. The fourth-order valence-corrected chi connectivity index (χ4v) is 4.25. The maximum Gasteiger partial charge on any atom is 0.259 e. The number of rotatable bonds is 5. The lowest BCUT2D eigenvalue weighted by atomic mass is 10.1. The number of para-hydroxylation sites is 2. The minimum atomic E-state index is -0.296. The molecule has 0 saturated heterocycles. The Labute approximate surface area is 216 Å². The van der Waals surface area contributed by atoms with Crippen LogP contribution in [0.3, 0.4) is 0 Å². The number of carbonyl (C=O) groups excluding carboxylic acids is 2. The molecule has 2 heterocycles. The number of halogens is 1. The van der Waals surface area contributed by atoms with Crippen LogP contribution in [0.25, 0.3) is 0 Å². The van der Waals surface area contributed by atoms with Gasteiger partial charge in [-0.25, -0.2) is 4.98 Å². The zero-order valence-corrected chi connectivity index (χ0v) is 20.9. The molecule has 2 aromatic carbocycles. The molecular formula is C28H30ClN3O4. The number of pyridine rings is 1. The van der Waals surface area contributed by atoms with Gasteiger partial charge >= 0.3 is 0 Å². The van der Waals surface area contributed by atoms with Crippen molar-refractivity contribution in [2.45, 2.75) is 32.1 Å². The molecule has 0 aliphatic carbocycles. The molecule has 188 valence electrons. The van der Waals surface area contributed by atoms with E-state index in [-0.39, 0.29) is 24.2 Å². The van der Waals surface area contributed by atoms with Crippen molar-refractivity contribution in [3.63, 3.8) is 0 Å². The summed E-state index contributed by atoms with van der Waals surface area (Å²) in [6, 6.07) is 18.3. The number of amides is 2. The number of ether oxygens (including phenoxy) is 2. The highest BCUT2D eigenvalue weighted by Crippen LogP contribution is 2.32. The summed E-state index contributed by atoms with van der Waals surface area (Å²) in [5, 5.41) is 3.59. The first kappa shape index (κ1) is 25.5. The summed E-state index contributed by atoms with van der Waals surface area (Å²) < 4.78 is 12.0. The fourth-order valence-electron chi connectivity index (χ4n) is 4.02. The van der Waals surface area contributed by atoms with Gasteiger partial charge < -0.3 is 19.7 Å². The van der Waals surface area contributed by atoms with Gasteiger partial charge in [0.1, 0.15) is 5.56 Å². The Hall–Kier alpha value is -3.58. The highest BCUT2D eigenvalue weighted by Gasteiger charge is 2.23. The summed E-state index contributed by atoms with van der Waals surface area (Å²) in [5.74, 6) is 0.760. The highest BCUT2D eigenvalue weighted by molar-refractivity contribution is 6.31. The van der Waals surface area contributed by atoms with Gasteiger partial charge in [-0.3, -0.25) is 9.59 Å². The van der Waals surface area contributed by atoms with E-state index in [1.807, 2.05) is 42.5 Å². The number of fused-ring (bicyclic) bond motifs is 2. The molecule has 2 amide bonds. The van der Waals surface area contributed by atoms with Crippen molar-refractivity contribution in [3.8, 4) is 17.4 Å². The number of nitrogens with zero attached hydrogens (tertiary/aromatic N) is 2. The minimum absolute atomic E-state index is 0.0462. The summed E-state index contributed by atoms with van der Waals surface area (Å²) in [6.45, 7) is 1.42. The topological polar surface area (TPSA) is 80.8 Å². The van der Waals surface area contributed by atoms with Gasteiger partial charge in [-0.15, -0.1) is 0 Å². The Morgan fingerprint density at radius 2 is 1.75 bits per heavy atom. The zero-order valence-electron chi connectivity index (χ0n) is 20.1. The molecule has 1 N–H and O–H groups in total. The van der Waals surface area contributed by atoms with Gasteiger partial charge in [0.05, 0.1) is 13.2 Å². The molecule has 0 saturated carbocycles. The third kappa shape index (κ3) is 6.98. The molecule has 0 atom stereocenters. The smallest absolute Gasteiger partial charge is 0.259 e. The van der Waals surface area contributed by atoms with Crippen LogP contribution in [0.4, 0.5) is 0 Å². The molecule has 0 bridgehead atoms. The predicted molar refractivity (Wildman–Crippen MR) is 139 cm³/mol. The van der Waals surface area contributed by atoms with Crippen molar-refractivity contribution in [1.29, 1.82) is 0 Å². The molecule has 1 aliphatic heterocycles. The summed E-state index contributed by atoms with van der Waals surface area (Å²) in [4.78, 5) is 32.2. The van der Waals surface area contributed by atoms with Crippen LogP contribution in [0.2, 0.25) is 5.02 Å². The Bertz CT molecular complexity index is 1190. The van der Waals surface area contributed by atoms with Crippen molar-refractivity contribution < 1.29 is 19.1 Å². The van der Waals surface area contributed by atoms with Crippen molar-refractivity contribution in [2.75, 3.05) is 26.2 Å². The van der Waals surface area contributed by atoms with Crippen LogP contribution < -0.4 is 14.8 Å². The first-order valence-corrected chi connectivity index (χ1v) is 12.6. The SMILES string of the molecule is O=C(CN1CCCCCCOc2ccccc2Oc2ncccc2C1=O)NCCc1ccccc1Cl. The minimum Gasteiger partial charge on any atom is -0.490 e. The number of hydrogen-bond acceptors (Lipinski definition) is 5. The molecule has 1 aromatic heterocycles. The van der Waals surface area contributed by atoms with Gasteiger partial charge in [0, 0.05) is 24.3 Å². The summed E-state index contributed by atoms with van der Waals surface area (Å²) in [5.41, 5.74) is 1.27. The van der Waals surface area contributed by atoms with Crippen LogP contribution in [0.5, 0.6) is 17.4 Å². The average Bonchev–Trinajstić information content (AvgIpc) is 2.89. The van der Waals surface area contributed by atoms with Crippen LogP contribution in [-0.2, 0) is 11.2 Å². The molecule has 7 nitrogen and oxygen atoms in total. The van der Waals surface area contributed by atoms with Crippen LogP contribution >= 0.6 is 11.6 Å². The maximum atomic E-state index is 13.6. The molecule has 0 fully saturated rings. The monoisotopic (exact) mass is 507 g/mol. The van der Waals surface area contributed by atoms with Crippen LogP contribution in [0.1, 0.15) is 41.6 Å². The van der Waals surface area contributed by atoms with Crippen molar-refractivity contribution in [3.05, 3.63) is 83.0 Å². The molecule has 36 heavy (non-hydrogen) atoms. The lowest BCUT2D eigenvalue weighted by Gasteiger charge is -2.23. The fraction of sp³-hybridized carbons (Fsp3) is 0.321. The largest absolute Gasteiger partial charge is 0.490 e. The highest BCUT2D eigenvalue weighted by atomic mass is 35.5. The standard InChI is InChI=1S/C28H30ClN3O4/c29-23-12-4-3-10-21(23)15-17-30-26(33)20-32-18-7-1-2-8-19-35-24-13-5-6-14-25(24)36-27-22(28(32)34)11-9-16-31-27/h3-6,9-14,16H,1-2,7-8,15,17-20H2,(H,30,33). The molecule has 0 spiro atoms. The molecular weight excluding hydrogens is 478 g/mol. The van der Waals surface area contributed by atoms with E-state index in [4.69, 9.17) is 21.1 Å². The predicted octanol–water partition coefficient (Wildman–Crippen LogP) is 5.28. The van der Waals surface area contributed by atoms with E-state index in [2.05, 4.69) is 10.3 Å². The number of carbonyl (C=O) groups is 2. The lowest BCUT2D eigenvalue weighted by Crippen LogP contribution is -2.42. The van der Waals surface area contributed by atoms with E-state index < -0.39 is 0 Å². The Morgan fingerprint density at radius 1 is 0.972 bits per heavy atom. The van der Waals surface area contributed by atoms with Gasteiger partial charge in [-0.1, -0.05) is 54.8 Å². The summed E-state index contributed by atoms with van der Waals surface area (Å²) >= 11 is 6.21. The second-order valence-electron chi connectivity index (χ2n) is 8.59. The first-order chi connectivity index (χ1) is 17.6. The van der Waals surface area contributed by atoms with E-state index in [1.165, 1.54) is 0 Å². The van der Waals surface area contributed by atoms with Gasteiger partial charge in [-0.2, -0.15) is 0 Å². The summed E-state index contributed by atoms with van der Waals surface area (Å²) in [6.07, 6.45) is 5.75. The van der Waals surface area contributed by atoms with E-state index in [0.29, 0.717) is 48.2 Å². The van der Waals surface area contributed by atoms with Crippen LogP contribution in [0, 0.1) is 0 Å². The van der Waals surface area contributed by atoms with E-state index in [1.54, 1.807) is 29.3 Å². The van der Waals surface area contributed by atoms with Crippen LogP contribution in [-0.4, -0.2) is 47.9 Å². The molecule has 0 radical (unpaired) electrons. The van der Waals surface area contributed by atoms with Gasteiger partial charge in [0.25, 0.3) is 5.91 Å². The molecule has 4 rings (SSSR count). The maximum absolute atomic E-state index is 13.6. The van der Waals surface area contributed by atoms with Crippen molar-refractivity contribution in [2.24, 2.45) is 0 Å². The van der Waals surface area contributed by atoms with E-state index in [9.17, 15) is 9.59 Å². The number of aromatic nitrogens is 1. The Morgan fingerprint density at radius 3 is 2.61 bits per heavy atom. The quantitative estimate of drug-likeness (QED) is 0.508. The number of benzene rings is 2. The van der Waals surface area contributed by atoms with Crippen molar-refractivity contribution in [1.82, 2.24) is 15.2 Å². The number of hydrogen-bond donors (Lipinski definition) is 1.